The standard InChI is InChI=1S/C7H11NO3/c1-3-7(8,4-9)5-11-6(2)10/h1,9H,4-5,8H2,2H3. The van der Waals surface area contributed by atoms with Crippen LogP contribution in [0.15, 0.2) is 0 Å². The van der Waals surface area contributed by atoms with Crippen LogP contribution in [0.1, 0.15) is 6.92 Å². The fourth-order valence-electron chi connectivity index (χ4n) is 0.363. The predicted octanol–water partition coefficient (Wildman–Crippen LogP) is -1.13. The zero-order valence-corrected chi connectivity index (χ0v) is 6.33. The third kappa shape index (κ3) is 3.61. The molecule has 0 aromatic rings. The molecule has 1 atom stereocenters. The van der Waals surface area contributed by atoms with E-state index in [1.807, 2.05) is 0 Å². The molecule has 0 amide bonds. The Hall–Kier alpha value is -1.05. The minimum atomic E-state index is -1.24. The summed E-state index contributed by atoms with van der Waals surface area (Å²) < 4.78 is 4.52. The highest BCUT2D eigenvalue weighted by Gasteiger charge is 2.22. The first-order valence-corrected chi connectivity index (χ1v) is 3.05. The van der Waals surface area contributed by atoms with Crippen LogP contribution < -0.4 is 5.73 Å². The fourth-order valence-corrected chi connectivity index (χ4v) is 0.363. The molecule has 4 nitrogen and oxygen atoms in total. The summed E-state index contributed by atoms with van der Waals surface area (Å²) >= 11 is 0. The SMILES string of the molecule is C#CC(N)(CO)COC(C)=O. The average molecular weight is 157 g/mol. The van der Waals surface area contributed by atoms with Crippen molar-refractivity contribution in [3.63, 3.8) is 0 Å². The van der Waals surface area contributed by atoms with Gasteiger partial charge in [0.15, 0.2) is 0 Å². The molecule has 0 aliphatic carbocycles. The van der Waals surface area contributed by atoms with Gasteiger partial charge in [-0.25, -0.2) is 0 Å². The minimum absolute atomic E-state index is 0.157. The summed E-state index contributed by atoms with van der Waals surface area (Å²) in [7, 11) is 0. The van der Waals surface area contributed by atoms with E-state index in [9.17, 15) is 4.79 Å². The van der Waals surface area contributed by atoms with Crippen LogP contribution in [0.2, 0.25) is 0 Å². The van der Waals surface area contributed by atoms with Crippen LogP contribution in [0.25, 0.3) is 0 Å². The van der Waals surface area contributed by atoms with Crippen molar-refractivity contribution in [2.24, 2.45) is 5.73 Å². The molecule has 0 spiro atoms. The van der Waals surface area contributed by atoms with Crippen molar-refractivity contribution in [3.05, 3.63) is 0 Å². The number of aliphatic hydroxyl groups is 1. The quantitative estimate of drug-likeness (QED) is 0.402. The number of carbonyl (C=O) groups is 1. The Morgan fingerprint density at radius 1 is 1.91 bits per heavy atom. The zero-order valence-electron chi connectivity index (χ0n) is 6.33. The number of hydrogen-bond acceptors (Lipinski definition) is 4. The van der Waals surface area contributed by atoms with Crippen LogP contribution in [0.5, 0.6) is 0 Å². The van der Waals surface area contributed by atoms with Crippen LogP contribution in [0.3, 0.4) is 0 Å². The highest BCUT2D eigenvalue weighted by Crippen LogP contribution is 1.97. The summed E-state index contributed by atoms with van der Waals surface area (Å²) in [5, 5.41) is 8.64. The lowest BCUT2D eigenvalue weighted by Gasteiger charge is -2.19. The van der Waals surface area contributed by atoms with Crippen LogP contribution in [0.4, 0.5) is 0 Å². The summed E-state index contributed by atoms with van der Waals surface area (Å²) in [5.41, 5.74) is 4.14. The van der Waals surface area contributed by atoms with Gasteiger partial charge < -0.3 is 15.6 Å². The molecule has 0 saturated carbocycles. The Bertz CT molecular complexity index is 185. The number of terminal acetylenes is 1. The maximum Gasteiger partial charge on any atom is 0.302 e. The molecule has 0 bridgehead atoms. The van der Waals surface area contributed by atoms with Crippen molar-refractivity contribution in [2.75, 3.05) is 13.2 Å². The Morgan fingerprint density at radius 3 is 2.73 bits per heavy atom. The monoisotopic (exact) mass is 157 g/mol. The molecule has 0 aromatic carbocycles. The number of rotatable bonds is 3. The van der Waals surface area contributed by atoms with Gasteiger partial charge >= 0.3 is 5.97 Å². The lowest BCUT2D eigenvalue weighted by Crippen LogP contribution is -2.47. The van der Waals surface area contributed by atoms with Gasteiger partial charge in [-0.15, -0.1) is 6.42 Å². The van der Waals surface area contributed by atoms with Crippen LogP contribution in [0, 0.1) is 12.3 Å². The number of aliphatic hydroxyl groups excluding tert-OH is 1. The number of nitrogens with two attached hydrogens (primary N) is 1. The highest BCUT2D eigenvalue weighted by atomic mass is 16.5. The first kappa shape index (κ1) is 9.95. The van der Waals surface area contributed by atoms with E-state index in [0.29, 0.717) is 0 Å². The molecule has 1 unspecified atom stereocenters. The van der Waals surface area contributed by atoms with Crippen molar-refractivity contribution in [2.45, 2.75) is 12.5 Å². The molecule has 0 aromatic heterocycles. The van der Waals surface area contributed by atoms with Crippen molar-refractivity contribution < 1.29 is 14.6 Å². The van der Waals surface area contributed by atoms with Crippen LogP contribution in [-0.2, 0) is 9.53 Å². The van der Waals surface area contributed by atoms with E-state index < -0.39 is 18.1 Å². The molecule has 62 valence electrons. The summed E-state index contributed by atoms with van der Waals surface area (Å²) in [6.45, 7) is 0.681. The third-order valence-corrected chi connectivity index (χ3v) is 1.10. The van der Waals surface area contributed by atoms with E-state index in [0.717, 1.165) is 0 Å². The topological polar surface area (TPSA) is 72.6 Å². The second kappa shape index (κ2) is 3.96. The minimum Gasteiger partial charge on any atom is -0.463 e. The van der Waals surface area contributed by atoms with Crippen LogP contribution >= 0.6 is 0 Å². The summed E-state index contributed by atoms with van der Waals surface area (Å²) in [4.78, 5) is 10.3. The van der Waals surface area contributed by atoms with E-state index >= 15 is 0 Å². The van der Waals surface area contributed by atoms with E-state index in [2.05, 4.69) is 10.7 Å². The molecule has 4 heteroatoms. The lowest BCUT2D eigenvalue weighted by atomic mass is 10.1. The van der Waals surface area contributed by atoms with Gasteiger partial charge in [0.1, 0.15) is 12.1 Å². The van der Waals surface area contributed by atoms with Crippen molar-refractivity contribution in [1.29, 1.82) is 0 Å². The molecule has 0 aliphatic heterocycles. The fraction of sp³-hybridized carbons (Fsp3) is 0.571. The Kier molecular flexibility index (Phi) is 3.58. The zero-order chi connectivity index (χ0) is 8.91. The summed E-state index contributed by atoms with van der Waals surface area (Å²) in [6.07, 6.45) is 4.98. The number of carbonyl (C=O) groups excluding carboxylic acids is 1. The van der Waals surface area contributed by atoms with Crippen LogP contribution in [-0.4, -0.2) is 29.8 Å². The highest BCUT2D eigenvalue weighted by molar-refractivity contribution is 5.66. The molecule has 0 saturated heterocycles. The van der Waals surface area contributed by atoms with Gasteiger partial charge in [0.05, 0.1) is 6.61 Å². The van der Waals surface area contributed by atoms with Gasteiger partial charge in [0.2, 0.25) is 0 Å². The Morgan fingerprint density at radius 2 is 2.45 bits per heavy atom. The van der Waals surface area contributed by atoms with Gasteiger partial charge in [0.25, 0.3) is 0 Å². The van der Waals surface area contributed by atoms with Gasteiger partial charge in [0, 0.05) is 6.92 Å². The van der Waals surface area contributed by atoms with Crippen molar-refractivity contribution in [3.8, 4) is 12.3 Å². The van der Waals surface area contributed by atoms with Gasteiger partial charge in [-0.2, -0.15) is 0 Å². The molecule has 0 heterocycles. The smallest absolute Gasteiger partial charge is 0.302 e. The maximum absolute atomic E-state index is 10.3. The molecular formula is C7H11NO3. The third-order valence-electron chi connectivity index (χ3n) is 1.10. The second-order valence-corrected chi connectivity index (χ2v) is 2.24. The van der Waals surface area contributed by atoms with E-state index in [-0.39, 0.29) is 6.61 Å². The van der Waals surface area contributed by atoms with Crippen molar-refractivity contribution in [1.82, 2.24) is 0 Å². The maximum atomic E-state index is 10.3. The van der Waals surface area contributed by atoms with E-state index in [4.69, 9.17) is 17.3 Å². The Labute approximate surface area is 65.3 Å². The number of ether oxygens (including phenoxy) is 1. The first-order valence-electron chi connectivity index (χ1n) is 3.05. The first-order chi connectivity index (χ1) is 5.04. The Balaban J connectivity index is 3.91. The van der Waals surface area contributed by atoms with Crippen molar-refractivity contribution >= 4 is 5.97 Å². The number of esters is 1. The largest absolute Gasteiger partial charge is 0.463 e. The summed E-state index contributed by atoms with van der Waals surface area (Å²) in [5.74, 6) is 1.67. The number of hydrogen-bond donors (Lipinski definition) is 2. The molecule has 0 aliphatic rings. The predicted molar refractivity (Wildman–Crippen MR) is 39.5 cm³/mol. The molecule has 0 rings (SSSR count). The van der Waals surface area contributed by atoms with Gasteiger partial charge in [-0.1, -0.05) is 5.92 Å². The second-order valence-electron chi connectivity index (χ2n) is 2.24. The van der Waals surface area contributed by atoms with E-state index in [1.54, 1.807) is 0 Å². The molecular weight excluding hydrogens is 146 g/mol. The summed E-state index contributed by atoms with van der Waals surface area (Å²) in [6, 6.07) is 0. The normalized spacial score (nSPS) is 14.7. The van der Waals surface area contributed by atoms with E-state index in [1.165, 1.54) is 6.92 Å². The molecule has 0 fully saturated rings. The molecule has 3 N–H and O–H groups in total. The average Bonchev–Trinajstić information content (AvgIpc) is 2.00. The lowest BCUT2D eigenvalue weighted by molar-refractivity contribution is -0.142. The van der Waals surface area contributed by atoms with Gasteiger partial charge in [-0.3, -0.25) is 4.79 Å². The molecule has 0 radical (unpaired) electrons. The molecule has 11 heavy (non-hydrogen) atoms. The van der Waals surface area contributed by atoms with Gasteiger partial charge in [-0.05, 0) is 0 Å².